The van der Waals surface area contributed by atoms with Gasteiger partial charge in [0.2, 0.25) is 0 Å². The van der Waals surface area contributed by atoms with Gasteiger partial charge in [0, 0.05) is 6.42 Å². The van der Waals surface area contributed by atoms with Crippen molar-refractivity contribution in [3.63, 3.8) is 0 Å². The molecule has 0 N–H and O–H groups in total. The van der Waals surface area contributed by atoms with Gasteiger partial charge < -0.3 is 4.18 Å². The minimum absolute atomic E-state index is 0.0151. The Morgan fingerprint density at radius 1 is 0.739 bits per heavy atom. The molecule has 0 aliphatic heterocycles. The highest BCUT2D eigenvalue weighted by Crippen LogP contribution is 2.12. The lowest BCUT2D eigenvalue weighted by Crippen LogP contribution is -2.15. The molecule has 0 aromatic carbocycles. The van der Waals surface area contributed by atoms with Crippen molar-refractivity contribution < 1.29 is 21.6 Å². The molecule has 0 aliphatic rings. The van der Waals surface area contributed by atoms with E-state index in [1.807, 2.05) is 0 Å². The summed E-state index contributed by atoms with van der Waals surface area (Å²) < 4.78 is 31.3. The molecule has 0 aliphatic carbocycles. The van der Waals surface area contributed by atoms with Crippen LogP contribution in [0.5, 0.6) is 0 Å². The van der Waals surface area contributed by atoms with E-state index < -0.39 is 16.4 Å². The number of hydrogen-bond donors (Lipinski definition) is 0. The van der Waals surface area contributed by atoms with Gasteiger partial charge in [-0.15, -0.1) is 0 Å². The Kier molecular flexibility index (Phi) is 14.5. The van der Waals surface area contributed by atoms with Gasteiger partial charge in [-0.25, -0.2) is 4.18 Å². The maximum absolute atomic E-state index is 11.2. The summed E-state index contributed by atoms with van der Waals surface area (Å²) in [5, 5.41) is 0. The topological polar surface area (TPSA) is 69.7 Å². The van der Waals surface area contributed by atoms with E-state index in [-0.39, 0.29) is 13.0 Å². The van der Waals surface area contributed by atoms with Gasteiger partial charge in [0.15, 0.2) is 0 Å². The lowest BCUT2D eigenvalue weighted by Gasteiger charge is -2.05. The second-order valence-electron chi connectivity index (χ2n) is 5.93. The molecule has 0 radical (unpaired) electrons. The van der Waals surface area contributed by atoms with Crippen molar-refractivity contribution in [2.45, 2.75) is 97.3 Å². The highest BCUT2D eigenvalue weighted by molar-refractivity contribution is 7.82. The monoisotopic (exact) mass is 350 g/mol. The Morgan fingerprint density at radius 2 is 1.17 bits per heavy atom. The molecular weight excluding hydrogens is 316 g/mol. The van der Waals surface area contributed by atoms with Crippen LogP contribution in [0.4, 0.5) is 0 Å². The van der Waals surface area contributed by atoms with Crippen LogP contribution in [-0.4, -0.2) is 21.0 Å². The Bertz CT molecular complexity index is 378. The fraction of sp³-hybridized carbons (Fsp3) is 0.941. The zero-order valence-corrected chi connectivity index (χ0v) is 15.7. The lowest BCUT2D eigenvalue weighted by molar-refractivity contribution is -0.134. The van der Waals surface area contributed by atoms with Gasteiger partial charge in [0.25, 0.3) is 0 Å². The van der Waals surface area contributed by atoms with Crippen LogP contribution in [0.15, 0.2) is 0 Å². The highest BCUT2D eigenvalue weighted by Gasteiger charge is 2.16. The molecule has 0 spiro atoms. The van der Waals surface area contributed by atoms with E-state index >= 15 is 0 Å². The maximum Gasteiger partial charge on any atom is 0.451 e. The Labute approximate surface area is 142 Å². The predicted octanol–water partition coefficient (Wildman–Crippen LogP) is 4.90. The fourth-order valence-corrected chi connectivity index (χ4v) is 3.02. The van der Waals surface area contributed by atoms with Gasteiger partial charge in [-0.05, 0) is 6.42 Å². The summed E-state index contributed by atoms with van der Waals surface area (Å²) in [4.78, 5) is 10.9. The molecule has 0 saturated carbocycles. The van der Waals surface area contributed by atoms with Crippen LogP contribution >= 0.6 is 0 Å². The largest absolute Gasteiger partial charge is 0.451 e. The van der Waals surface area contributed by atoms with E-state index in [0.29, 0.717) is 6.42 Å². The van der Waals surface area contributed by atoms with E-state index in [2.05, 4.69) is 15.3 Å². The van der Waals surface area contributed by atoms with Gasteiger partial charge in [-0.2, -0.15) is 8.42 Å². The van der Waals surface area contributed by atoms with Crippen molar-refractivity contribution >= 4 is 16.4 Å². The Hall–Kier alpha value is -0.620. The van der Waals surface area contributed by atoms with E-state index in [1.165, 1.54) is 64.7 Å². The summed E-state index contributed by atoms with van der Waals surface area (Å²) in [6.45, 7) is 3.85. The van der Waals surface area contributed by atoms with Crippen molar-refractivity contribution in [2.75, 3.05) is 6.61 Å². The zero-order valence-electron chi connectivity index (χ0n) is 14.8. The quantitative estimate of drug-likeness (QED) is 0.370. The first kappa shape index (κ1) is 22.4. The molecule has 23 heavy (non-hydrogen) atoms. The molecule has 0 rings (SSSR count). The fourth-order valence-electron chi connectivity index (χ4n) is 2.30. The first-order chi connectivity index (χ1) is 11.0. The molecule has 0 bridgehead atoms. The van der Waals surface area contributed by atoms with Crippen LogP contribution in [0.2, 0.25) is 0 Å². The minimum Gasteiger partial charge on any atom is -0.325 e. The summed E-state index contributed by atoms with van der Waals surface area (Å²) in [6.07, 6.45) is 14.5. The predicted molar refractivity (Wildman–Crippen MR) is 92.3 cm³/mol. The summed E-state index contributed by atoms with van der Waals surface area (Å²) in [5.74, 6) is -0.792. The minimum atomic E-state index is -4.16. The van der Waals surface area contributed by atoms with Crippen LogP contribution in [0, 0.1) is 0 Å². The summed E-state index contributed by atoms with van der Waals surface area (Å²) in [7, 11) is -4.16. The molecule has 0 aromatic heterocycles. The van der Waals surface area contributed by atoms with Crippen LogP contribution in [0.1, 0.15) is 97.3 Å². The van der Waals surface area contributed by atoms with Gasteiger partial charge in [0.1, 0.15) is 0 Å². The van der Waals surface area contributed by atoms with E-state index in [1.54, 1.807) is 0 Å². The average Bonchev–Trinajstić information content (AvgIpc) is 2.51. The Balaban J connectivity index is 3.32. The van der Waals surface area contributed by atoms with E-state index in [4.69, 9.17) is 0 Å². The maximum atomic E-state index is 11.2. The van der Waals surface area contributed by atoms with E-state index in [9.17, 15) is 13.2 Å². The number of hydrogen-bond acceptors (Lipinski definition) is 5. The number of rotatable bonds is 16. The lowest BCUT2D eigenvalue weighted by atomic mass is 10.1. The van der Waals surface area contributed by atoms with Gasteiger partial charge in [0.05, 0.1) is 6.61 Å². The SMILES string of the molecule is CCCCCCCCCCCCCCOS(=O)(=O)OC(=O)CC. The van der Waals surface area contributed by atoms with Crippen molar-refractivity contribution in [1.29, 1.82) is 0 Å². The second-order valence-corrected chi connectivity index (χ2v) is 7.15. The van der Waals surface area contributed by atoms with Crippen molar-refractivity contribution in [3.05, 3.63) is 0 Å². The first-order valence-electron chi connectivity index (χ1n) is 9.13. The van der Waals surface area contributed by atoms with Crippen LogP contribution < -0.4 is 0 Å². The van der Waals surface area contributed by atoms with Crippen LogP contribution in [0.25, 0.3) is 0 Å². The third kappa shape index (κ3) is 16.0. The summed E-state index contributed by atoms with van der Waals surface area (Å²) in [6, 6.07) is 0. The molecule has 0 aromatic rings. The first-order valence-corrected chi connectivity index (χ1v) is 10.5. The van der Waals surface area contributed by atoms with Crippen molar-refractivity contribution in [3.8, 4) is 0 Å². The third-order valence-electron chi connectivity index (χ3n) is 3.71. The number of carbonyl (C=O) groups excluding carboxylic acids is 1. The smallest absolute Gasteiger partial charge is 0.325 e. The summed E-state index contributed by atoms with van der Waals surface area (Å²) in [5.41, 5.74) is 0. The molecule has 0 unspecified atom stereocenters. The molecule has 5 nitrogen and oxygen atoms in total. The van der Waals surface area contributed by atoms with Gasteiger partial charge >= 0.3 is 16.4 Å². The molecule has 0 fully saturated rings. The molecule has 0 atom stereocenters. The molecule has 6 heteroatoms. The number of unbranched alkanes of at least 4 members (excludes halogenated alkanes) is 11. The normalized spacial score (nSPS) is 11.6. The van der Waals surface area contributed by atoms with Crippen molar-refractivity contribution in [1.82, 2.24) is 0 Å². The molecular formula is C17H34O5S. The number of carbonyl (C=O) groups is 1. The van der Waals surface area contributed by atoms with E-state index in [0.717, 1.165) is 12.8 Å². The van der Waals surface area contributed by atoms with Gasteiger partial charge in [-0.1, -0.05) is 84.5 Å². The zero-order chi connectivity index (χ0) is 17.4. The molecule has 0 amide bonds. The summed E-state index contributed by atoms with van der Waals surface area (Å²) >= 11 is 0. The third-order valence-corrected chi connectivity index (χ3v) is 4.55. The molecule has 0 heterocycles. The molecule has 138 valence electrons. The standard InChI is InChI=1S/C17H34O5S/c1-3-5-6-7-8-9-10-11-12-13-14-15-16-21-23(19,20)22-17(18)4-2/h3-16H2,1-2H3. The van der Waals surface area contributed by atoms with Crippen LogP contribution in [-0.2, 0) is 23.6 Å². The van der Waals surface area contributed by atoms with Crippen LogP contribution in [0.3, 0.4) is 0 Å². The van der Waals surface area contributed by atoms with Crippen molar-refractivity contribution in [2.24, 2.45) is 0 Å². The Morgan fingerprint density at radius 3 is 1.61 bits per heavy atom. The highest BCUT2D eigenvalue weighted by atomic mass is 32.3. The van der Waals surface area contributed by atoms with Gasteiger partial charge in [-0.3, -0.25) is 4.79 Å². The molecule has 0 saturated heterocycles. The second kappa shape index (κ2) is 14.9. The average molecular weight is 351 g/mol.